The lowest BCUT2D eigenvalue weighted by atomic mass is 9.97. The van der Waals surface area contributed by atoms with E-state index in [1.165, 1.54) is 31.4 Å². The third kappa shape index (κ3) is 1.52. The van der Waals surface area contributed by atoms with Crippen molar-refractivity contribution in [3.8, 4) is 0 Å². The highest BCUT2D eigenvalue weighted by Gasteiger charge is 2.41. The number of pyridine rings is 1. The number of anilines is 2. The summed E-state index contributed by atoms with van der Waals surface area (Å²) in [6.07, 6.45) is 2.82. The summed E-state index contributed by atoms with van der Waals surface area (Å²) in [5.41, 5.74) is 13.0. The van der Waals surface area contributed by atoms with E-state index in [1.807, 2.05) is 0 Å². The van der Waals surface area contributed by atoms with E-state index in [2.05, 4.69) is 9.98 Å². The first kappa shape index (κ1) is 12.3. The molecule has 18 heavy (non-hydrogen) atoms. The number of aliphatic imine (C=N–C) groups is 1. The van der Waals surface area contributed by atoms with Crippen LogP contribution in [-0.4, -0.2) is 41.4 Å². The van der Waals surface area contributed by atoms with Gasteiger partial charge in [-0.3, -0.25) is 4.99 Å². The normalized spacial score (nSPS) is 18.3. The minimum atomic E-state index is -2.27. The molecular weight excluding hydrogens is 234 g/mol. The molecule has 0 unspecified atom stereocenters. The van der Waals surface area contributed by atoms with Gasteiger partial charge in [-0.15, -0.1) is 0 Å². The van der Waals surface area contributed by atoms with E-state index < -0.39 is 5.91 Å². The molecule has 0 spiro atoms. The molecule has 1 aliphatic rings. The Balaban J connectivity index is 2.79. The minimum absolute atomic E-state index is 0.102. The summed E-state index contributed by atoms with van der Waals surface area (Å²) >= 11 is 0. The van der Waals surface area contributed by atoms with Gasteiger partial charge in [0.2, 0.25) is 0 Å². The molecule has 0 atom stereocenters. The zero-order valence-corrected chi connectivity index (χ0v) is 10.1. The fraction of sp³-hybridized carbons (Fsp3) is 0.273. The van der Waals surface area contributed by atoms with E-state index in [0.717, 1.165) is 0 Å². The maximum atomic E-state index is 10.1. The molecular formula is C11H15N5O2. The van der Waals surface area contributed by atoms with Crippen LogP contribution >= 0.6 is 0 Å². The van der Waals surface area contributed by atoms with Gasteiger partial charge in [-0.05, 0) is 6.07 Å². The molecule has 7 nitrogen and oxygen atoms in total. The monoisotopic (exact) mass is 249 g/mol. The molecule has 0 fully saturated rings. The Morgan fingerprint density at radius 1 is 1.44 bits per heavy atom. The second kappa shape index (κ2) is 3.97. The van der Waals surface area contributed by atoms with Crippen molar-refractivity contribution in [1.29, 1.82) is 0 Å². The van der Waals surface area contributed by atoms with Gasteiger partial charge in [0.25, 0.3) is 5.91 Å². The minimum Gasteiger partial charge on any atom is -0.398 e. The Morgan fingerprint density at radius 2 is 2.11 bits per heavy atom. The van der Waals surface area contributed by atoms with Crippen LogP contribution in [0.3, 0.4) is 0 Å². The van der Waals surface area contributed by atoms with Gasteiger partial charge in [0, 0.05) is 32.1 Å². The average molecular weight is 249 g/mol. The fourth-order valence-electron chi connectivity index (χ4n) is 1.99. The third-order valence-corrected chi connectivity index (χ3v) is 2.96. The van der Waals surface area contributed by atoms with Crippen molar-refractivity contribution in [3.63, 3.8) is 0 Å². The van der Waals surface area contributed by atoms with Crippen molar-refractivity contribution in [3.05, 3.63) is 23.4 Å². The largest absolute Gasteiger partial charge is 0.398 e. The summed E-state index contributed by atoms with van der Waals surface area (Å²) in [5, 5.41) is 20.3. The zero-order chi connectivity index (χ0) is 13.5. The zero-order valence-electron chi connectivity index (χ0n) is 10.1. The van der Waals surface area contributed by atoms with Gasteiger partial charge < -0.3 is 26.6 Å². The molecule has 96 valence electrons. The first-order valence-corrected chi connectivity index (χ1v) is 5.27. The molecule has 0 saturated heterocycles. The highest BCUT2D eigenvalue weighted by molar-refractivity contribution is 5.99. The van der Waals surface area contributed by atoms with Crippen molar-refractivity contribution < 1.29 is 10.2 Å². The predicted molar refractivity (Wildman–Crippen MR) is 69.7 cm³/mol. The number of nitrogens with two attached hydrogens (primary N) is 2. The maximum Gasteiger partial charge on any atom is 0.278 e. The van der Waals surface area contributed by atoms with Crippen LogP contribution < -0.4 is 16.4 Å². The Morgan fingerprint density at radius 3 is 2.72 bits per heavy atom. The molecule has 1 aromatic rings. The number of nitrogen functional groups attached to an aromatic ring is 1. The molecule has 0 amide bonds. The lowest BCUT2D eigenvalue weighted by Gasteiger charge is -2.40. The molecule has 0 aliphatic carbocycles. The van der Waals surface area contributed by atoms with Crippen molar-refractivity contribution >= 4 is 23.4 Å². The van der Waals surface area contributed by atoms with Crippen LogP contribution in [0.1, 0.15) is 5.56 Å². The summed E-state index contributed by atoms with van der Waals surface area (Å²) in [7, 11) is 3.01. The summed E-state index contributed by atoms with van der Waals surface area (Å²) in [4.78, 5) is 8.90. The summed E-state index contributed by atoms with van der Waals surface area (Å²) < 4.78 is 0. The van der Waals surface area contributed by atoms with Crippen LogP contribution in [0.4, 0.5) is 11.5 Å². The number of fused-ring (bicyclic) bond motifs is 1. The number of hydrogen-bond acceptors (Lipinski definition) is 7. The highest BCUT2D eigenvalue weighted by atomic mass is 16.5. The van der Waals surface area contributed by atoms with Gasteiger partial charge in [-0.1, -0.05) is 0 Å². The van der Waals surface area contributed by atoms with Crippen molar-refractivity contribution in [2.75, 3.05) is 24.7 Å². The Kier molecular flexibility index (Phi) is 2.72. The smallest absolute Gasteiger partial charge is 0.278 e. The predicted octanol–water partition coefficient (Wildman–Crippen LogP) is -0.878. The number of aliphatic hydroxyl groups is 2. The Bertz CT molecular complexity index is 550. The number of rotatable bonds is 1. The van der Waals surface area contributed by atoms with E-state index in [-0.39, 0.29) is 17.1 Å². The Hall–Kier alpha value is -2.12. The molecule has 2 heterocycles. The van der Waals surface area contributed by atoms with E-state index in [1.54, 1.807) is 6.07 Å². The molecule has 0 radical (unpaired) electrons. The topological polar surface area (TPSA) is 121 Å². The van der Waals surface area contributed by atoms with Crippen molar-refractivity contribution in [2.24, 2.45) is 10.7 Å². The van der Waals surface area contributed by atoms with E-state index in [9.17, 15) is 10.2 Å². The van der Waals surface area contributed by atoms with Crippen LogP contribution in [0, 0.1) is 0 Å². The molecule has 0 saturated carbocycles. The van der Waals surface area contributed by atoms with E-state index in [0.29, 0.717) is 11.3 Å². The van der Waals surface area contributed by atoms with Gasteiger partial charge in [0.15, 0.2) is 0 Å². The third-order valence-electron chi connectivity index (χ3n) is 2.96. The standard InChI is InChI=1S/C11H15N5O2/c1-14-5-7-8(12)6-3-4-15-10(13)9(6)16(2)11(7,17)18/h3-5,17-18H,12H2,1-2H3,(H2,13,15). The number of hydrogen-bond donors (Lipinski definition) is 4. The average Bonchev–Trinajstić information content (AvgIpc) is 2.32. The first-order valence-electron chi connectivity index (χ1n) is 5.27. The SMILES string of the molecule is CN=CC1=C(N)c2ccnc(N)c2N(C)C1(O)O. The second-order valence-corrected chi connectivity index (χ2v) is 4.00. The molecule has 7 heteroatoms. The van der Waals surface area contributed by atoms with Crippen molar-refractivity contribution in [1.82, 2.24) is 4.98 Å². The molecule has 1 aliphatic heterocycles. The lowest BCUT2D eigenvalue weighted by Crippen LogP contribution is -2.52. The second-order valence-electron chi connectivity index (χ2n) is 4.00. The molecule has 1 aromatic heterocycles. The Labute approximate surface area is 104 Å². The number of nitrogens with zero attached hydrogens (tertiary/aromatic N) is 3. The van der Waals surface area contributed by atoms with Crippen LogP contribution in [0.25, 0.3) is 5.70 Å². The summed E-state index contributed by atoms with van der Waals surface area (Å²) in [5.74, 6) is -2.09. The van der Waals surface area contributed by atoms with Crippen LogP contribution in [0.5, 0.6) is 0 Å². The maximum absolute atomic E-state index is 10.1. The van der Waals surface area contributed by atoms with Crippen LogP contribution in [0.15, 0.2) is 22.8 Å². The van der Waals surface area contributed by atoms with Crippen molar-refractivity contribution in [2.45, 2.75) is 5.91 Å². The van der Waals surface area contributed by atoms with Gasteiger partial charge in [-0.2, -0.15) is 0 Å². The van der Waals surface area contributed by atoms with Gasteiger partial charge in [0.05, 0.1) is 17.0 Å². The summed E-state index contributed by atoms with van der Waals surface area (Å²) in [6, 6.07) is 1.66. The highest BCUT2D eigenvalue weighted by Crippen LogP contribution is 2.40. The first-order chi connectivity index (χ1) is 8.41. The van der Waals surface area contributed by atoms with E-state index in [4.69, 9.17) is 11.5 Å². The van der Waals surface area contributed by atoms with Crippen LogP contribution in [-0.2, 0) is 0 Å². The molecule has 0 bridgehead atoms. The van der Waals surface area contributed by atoms with E-state index >= 15 is 0 Å². The number of likely N-dealkylation sites (N-methyl/N-ethyl adjacent to an activating group) is 1. The fourth-order valence-corrected chi connectivity index (χ4v) is 1.99. The molecule has 6 N–H and O–H groups in total. The quantitative estimate of drug-likeness (QED) is 0.379. The number of aromatic nitrogens is 1. The molecule has 2 rings (SSSR count). The van der Waals surface area contributed by atoms with Gasteiger partial charge in [0.1, 0.15) is 5.82 Å². The van der Waals surface area contributed by atoms with Crippen LogP contribution in [0.2, 0.25) is 0 Å². The van der Waals surface area contributed by atoms with Gasteiger partial charge >= 0.3 is 0 Å². The van der Waals surface area contributed by atoms with Gasteiger partial charge in [-0.25, -0.2) is 4.98 Å². The lowest BCUT2D eigenvalue weighted by molar-refractivity contribution is -0.120. The molecule has 0 aromatic carbocycles. The summed E-state index contributed by atoms with van der Waals surface area (Å²) in [6.45, 7) is 0.